The van der Waals surface area contributed by atoms with Crippen LogP contribution in [0.2, 0.25) is 0 Å². The van der Waals surface area contributed by atoms with Crippen molar-refractivity contribution >= 4 is 5.65 Å². The van der Waals surface area contributed by atoms with Crippen molar-refractivity contribution in [2.75, 3.05) is 6.54 Å². The van der Waals surface area contributed by atoms with E-state index >= 15 is 0 Å². The monoisotopic (exact) mass is 456 g/mol. The molecule has 0 aromatic carbocycles. The molecule has 0 unspecified atom stereocenters. The molecule has 5 aromatic heterocycles. The van der Waals surface area contributed by atoms with Crippen LogP contribution >= 0.6 is 0 Å². The quantitative estimate of drug-likeness (QED) is 0.386. The third-order valence-corrected chi connectivity index (χ3v) is 6.25. The summed E-state index contributed by atoms with van der Waals surface area (Å²) in [6.45, 7) is 2.16. The van der Waals surface area contributed by atoms with Gasteiger partial charge in [-0.1, -0.05) is 6.07 Å². The Bertz CT molecular complexity index is 1400. The summed E-state index contributed by atoms with van der Waals surface area (Å²) >= 11 is 0. The number of aromatic nitrogens is 7. The maximum atomic E-state index is 13.0. The summed E-state index contributed by atoms with van der Waals surface area (Å²) < 4.78 is 18.8. The molecule has 5 heterocycles. The Kier molecular flexibility index (Phi) is 5.38. The van der Waals surface area contributed by atoms with Crippen molar-refractivity contribution in [2.24, 2.45) is 5.92 Å². The van der Waals surface area contributed by atoms with Gasteiger partial charge in [-0.3, -0.25) is 4.98 Å². The first-order valence-electron chi connectivity index (χ1n) is 11.5. The first kappa shape index (κ1) is 20.7. The van der Waals surface area contributed by atoms with Gasteiger partial charge in [0.2, 0.25) is 0 Å². The van der Waals surface area contributed by atoms with Gasteiger partial charge in [-0.15, -0.1) is 0 Å². The van der Waals surface area contributed by atoms with Crippen molar-refractivity contribution in [1.82, 2.24) is 39.0 Å². The lowest BCUT2D eigenvalue weighted by atomic mass is 9.83. The number of nitrogens with zero attached hydrogens (tertiary/aromatic N) is 7. The fraction of sp³-hybridized carbons (Fsp3) is 0.280. The smallest absolute Gasteiger partial charge is 0.182 e. The van der Waals surface area contributed by atoms with E-state index < -0.39 is 6.17 Å². The number of nitrogens with one attached hydrogen (secondary N) is 1. The van der Waals surface area contributed by atoms with Crippen molar-refractivity contribution in [3.05, 3.63) is 85.1 Å². The number of halogens is 1. The lowest BCUT2D eigenvalue weighted by molar-refractivity contribution is 0.129. The second-order valence-corrected chi connectivity index (χ2v) is 8.89. The van der Waals surface area contributed by atoms with Gasteiger partial charge in [0.25, 0.3) is 0 Å². The van der Waals surface area contributed by atoms with Crippen LogP contribution in [-0.2, 0) is 13.1 Å². The molecule has 172 valence electrons. The zero-order valence-electron chi connectivity index (χ0n) is 18.6. The highest BCUT2D eigenvalue weighted by atomic mass is 19.1. The number of hydrogen-bond acceptors (Lipinski definition) is 5. The average Bonchev–Trinajstić information content (AvgIpc) is 3.59. The van der Waals surface area contributed by atoms with Crippen LogP contribution in [0.3, 0.4) is 0 Å². The molecule has 1 aliphatic rings. The molecule has 0 saturated heterocycles. The van der Waals surface area contributed by atoms with Gasteiger partial charge >= 0.3 is 0 Å². The summed E-state index contributed by atoms with van der Waals surface area (Å²) in [5.41, 5.74) is 4.79. The van der Waals surface area contributed by atoms with Crippen molar-refractivity contribution < 1.29 is 4.39 Å². The normalized spacial score (nSPS) is 17.8. The van der Waals surface area contributed by atoms with Gasteiger partial charge in [-0.2, -0.15) is 5.10 Å². The van der Waals surface area contributed by atoms with E-state index in [4.69, 9.17) is 4.98 Å². The zero-order valence-corrected chi connectivity index (χ0v) is 18.6. The van der Waals surface area contributed by atoms with Crippen LogP contribution in [0.4, 0.5) is 4.39 Å². The predicted octanol–water partition coefficient (Wildman–Crippen LogP) is 3.66. The Balaban J connectivity index is 1.12. The second kappa shape index (κ2) is 8.83. The molecule has 0 spiro atoms. The van der Waals surface area contributed by atoms with E-state index in [1.807, 2.05) is 58.0 Å². The number of pyridine rings is 2. The summed E-state index contributed by atoms with van der Waals surface area (Å²) in [6.07, 6.45) is 14.2. The molecule has 0 aliphatic heterocycles. The fourth-order valence-corrected chi connectivity index (χ4v) is 4.38. The van der Waals surface area contributed by atoms with Gasteiger partial charge in [0.1, 0.15) is 18.1 Å². The van der Waals surface area contributed by atoms with Crippen LogP contribution in [0.25, 0.3) is 22.7 Å². The fourth-order valence-electron chi connectivity index (χ4n) is 4.38. The third-order valence-electron chi connectivity index (χ3n) is 6.25. The van der Waals surface area contributed by atoms with E-state index in [1.54, 1.807) is 17.2 Å². The molecular weight excluding hydrogens is 431 g/mol. The van der Waals surface area contributed by atoms with Crippen molar-refractivity contribution in [2.45, 2.75) is 32.1 Å². The standard InChI is InChI=1S/C25H25FN8/c26-21-7-19(8-21)11-27-10-18-3-4-24-30-22(15-33(24)14-18)16-34-17-29-25(31-34)20-9-23(13-28-12-20)32-5-1-2-6-32/h1-6,9,12-15,17,19,21,27H,7-8,10-11,16H2. The van der Waals surface area contributed by atoms with Gasteiger partial charge in [0, 0.05) is 43.1 Å². The van der Waals surface area contributed by atoms with Crippen LogP contribution in [0, 0.1) is 5.92 Å². The Morgan fingerprint density at radius 1 is 1.09 bits per heavy atom. The summed E-state index contributed by atoms with van der Waals surface area (Å²) in [7, 11) is 0. The van der Waals surface area contributed by atoms with Gasteiger partial charge in [-0.25, -0.2) is 19.0 Å². The molecule has 1 saturated carbocycles. The van der Waals surface area contributed by atoms with E-state index in [0.717, 1.165) is 35.7 Å². The summed E-state index contributed by atoms with van der Waals surface area (Å²) in [4.78, 5) is 13.5. The second-order valence-electron chi connectivity index (χ2n) is 8.89. The van der Waals surface area contributed by atoms with E-state index in [-0.39, 0.29) is 0 Å². The molecule has 9 heteroatoms. The van der Waals surface area contributed by atoms with E-state index in [0.29, 0.717) is 31.1 Å². The number of fused-ring (bicyclic) bond motifs is 1. The Morgan fingerprint density at radius 2 is 1.97 bits per heavy atom. The highest BCUT2D eigenvalue weighted by Gasteiger charge is 2.28. The van der Waals surface area contributed by atoms with Gasteiger partial charge in [-0.05, 0) is 55.1 Å². The topological polar surface area (TPSA) is 77.9 Å². The largest absolute Gasteiger partial charge is 0.322 e. The predicted molar refractivity (Wildman–Crippen MR) is 126 cm³/mol. The minimum Gasteiger partial charge on any atom is -0.322 e. The van der Waals surface area contributed by atoms with Crippen molar-refractivity contribution in [1.29, 1.82) is 0 Å². The molecule has 0 atom stereocenters. The van der Waals surface area contributed by atoms with Gasteiger partial charge in [0.05, 0.1) is 24.1 Å². The molecule has 1 fully saturated rings. The molecule has 6 rings (SSSR count). The Hall–Kier alpha value is -3.85. The maximum absolute atomic E-state index is 13.0. The molecule has 8 nitrogen and oxygen atoms in total. The maximum Gasteiger partial charge on any atom is 0.182 e. The lowest BCUT2D eigenvalue weighted by Crippen LogP contribution is -2.33. The Morgan fingerprint density at radius 3 is 2.82 bits per heavy atom. The van der Waals surface area contributed by atoms with Crippen LogP contribution in [0.1, 0.15) is 24.1 Å². The van der Waals surface area contributed by atoms with Crippen LogP contribution < -0.4 is 5.32 Å². The van der Waals surface area contributed by atoms with Crippen molar-refractivity contribution in [3.8, 4) is 17.1 Å². The van der Waals surface area contributed by atoms with Gasteiger partial charge in [0.15, 0.2) is 5.82 Å². The highest BCUT2D eigenvalue weighted by Crippen LogP contribution is 2.29. The third kappa shape index (κ3) is 4.34. The highest BCUT2D eigenvalue weighted by molar-refractivity contribution is 5.56. The average molecular weight is 457 g/mol. The van der Waals surface area contributed by atoms with Crippen LogP contribution in [-0.4, -0.2) is 46.4 Å². The SMILES string of the molecule is FC1CC(CNCc2ccc3nc(Cn4cnc(-c5cncc(-n6cccc6)c5)n4)cn3c2)C1. The first-order valence-corrected chi connectivity index (χ1v) is 11.5. The van der Waals surface area contributed by atoms with Crippen LogP contribution in [0.5, 0.6) is 0 Å². The molecular formula is C25H25FN8. The molecule has 34 heavy (non-hydrogen) atoms. The molecule has 0 amide bonds. The summed E-state index contributed by atoms with van der Waals surface area (Å²) in [5.74, 6) is 1.10. The minimum atomic E-state index is -0.597. The van der Waals surface area contributed by atoms with E-state index in [1.165, 1.54) is 5.56 Å². The minimum absolute atomic E-state index is 0.471. The number of alkyl halides is 1. The molecule has 0 bridgehead atoms. The zero-order chi connectivity index (χ0) is 22.9. The van der Waals surface area contributed by atoms with Crippen molar-refractivity contribution in [3.63, 3.8) is 0 Å². The summed E-state index contributed by atoms with van der Waals surface area (Å²) in [6, 6.07) is 10.1. The number of hydrogen-bond donors (Lipinski definition) is 1. The van der Waals surface area contributed by atoms with Crippen LogP contribution in [0.15, 0.2) is 73.8 Å². The number of imidazole rings is 1. The molecule has 0 radical (unpaired) electrons. The molecule has 5 aromatic rings. The first-order chi connectivity index (χ1) is 16.7. The molecule has 1 N–H and O–H groups in total. The van der Waals surface area contributed by atoms with Gasteiger partial charge < -0.3 is 14.3 Å². The Labute approximate surface area is 196 Å². The van der Waals surface area contributed by atoms with E-state index in [2.05, 4.69) is 32.6 Å². The molecule has 1 aliphatic carbocycles. The summed E-state index contributed by atoms with van der Waals surface area (Å²) in [5, 5.41) is 8.07. The number of rotatable bonds is 8. The lowest BCUT2D eigenvalue weighted by Gasteiger charge is -2.29. The van der Waals surface area contributed by atoms with E-state index in [9.17, 15) is 4.39 Å².